The summed E-state index contributed by atoms with van der Waals surface area (Å²) in [5.74, 6) is -2.16. The summed E-state index contributed by atoms with van der Waals surface area (Å²) in [7, 11) is 0. The van der Waals surface area contributed by atoms with Crippen molar-refractivity contribution in [3.63, 3.8) is 0 Å². The molecule has 0 aliphatic rings. The van der Waals surface area contributed by atoms with E-state index in [4.69, 9.17) is 5.11 Å². The summed E-state index contributed by atoms with van der Waals surface area (Å²) in [5.41, 5.74) is 0.286. The molecule has 0 fully saturated rings. The Bertz CT molecular complexity index is 510. The highest BCUT2D eigenvalue weighted by atomic mass is 19.1. The summed E-state index contributed by atoms with van der Waals surface area (Å²) in [5, 5.41) is 12.0. The van der Waals surface area contributed by atoms with Crippen molar-refractivity contribution in [2.45, 2.75) is 0 Å². The minimum absolute atomic E-state index is 0.132. The van der Waals surface area contributed by atoms with Gasteiger partial charge in [-0.15, -0.1) is 0 Å². The Kier molecular flexibility index (Phi) is 2.17. The highest BCUT2D eigenvalue weighted by Crippen LogP contribution is 2.21. The van der Waals surface area contributed by atoms with Gasteiger partial charge in [0.1, 0.15) is 5.69 Å². The summed E-state index contributed by atoms with van der Waals surface area (Å²) < 4.78 is 17.7. The van der Waals surface area contributed by atoms with Crippen molar-refractivity contribution in [2.75, 3.05) is 0 Å². The fourth-order valence-electron chi connectivity index (χ4n) is 1.09. The van der Waals surface area contributed by atoms with Crippen LogP contribution in [0.25, 0.3) is 11.3 Å². The van der Waals surface area contributed by atoms with Crippen molar-refractivity contribution < 1.29 is 18.8 Å². The molecular formula is C9H5FN2O3. The molecule has 6 heteroatoms. The first-order chi connectivity index (χ1) is 7.18. The van der Waals surface area contributed by atoms with Crippen LogP contribution in [0, 0.1) is 5.82 Å². The molecule has 0 aliphatic heterocycles. The molecule has 2 heterocycles. The van der Waals surface area contributed by atoms with Crippen LogP contribution in [0.4, 0.5) is 4.39 Å². The van der Waals surface area contributed by atoms with Gasteiger partial charge in [0.05, 0.1) is 6.20 Å². The second-order valence-electron chi connectivity index (χ2n) is 2.74. The lowest BCUT2D eigenvalue weighted by Crippen LogP contribution is -1.91. The first-order valence-corrected chi connectivity index (χ1v) is 3.98. The number of nitrogens with zero attached hydrogens (tertiary/aromatic N) is 2. The number of hydrogen-bond acceptors (Lipinski definition) is 4. The van der Waals surface area contributed by atoms with Crippen molar-refractivity contribution in [1.29, 1.82) is 0 Å². The Balaban J connectivity index is 2.46. The molecule has 15 heavy (non-hydrogen) atoms. The maximum absolute atomic E-state index is 13.2. The average molecular weight is 208 g/mol. The van der Waals surface area contributed by atoms with E-state index in [2.05, 4.69) is 14.7 Å². The van der Waals surface area contributed by atoms with E-state index in [9.17, 15) is 9.18 Å². The quantitative estimate of drug-likeness (QED) is 0.810. The van der Waals surface area contributed by atoms with Gasteiger partial charge in [-0.1, -0.05) is 5.16 Å². The van der Waals surface area contributed by atoms with E-state index in [1.54, 1.807) is 0 Å². The van der Waals surface area contributed by atoms with E-state index in [1.165, 1.54) is 12.3 Å². The van der Waals surface area contributed by atoms with E-state index in [-0.39, 0.29) is 17.0 Å². The van der Waals surface area contributed by atoms with Gasteiger partial charge in [-0.05, 0) is 6.07 Å². The lowest BCUT2D eigenvalue weighted by atomic mass is 10.2. The third kappa shape index (κ3) is 1.69. The molecule has 0 saturated carbocycles. The van der Waals surface area contributed by atoms with Crippen LogP contribution in [-0.2, 0) is 0 Å². The Labute approximate surface area is 83.2 Å². The molecule has 0 amide bonds. The van der Waals surface area contributed by atoms with Gasteiger partial charge in [-0.3, -0.25) is 4.98 Å². The Morgan fingerprint density at radius 3 is 2.93 bits per heavy atom. The summed E-state index contributed by atoms with van der Waals surface area (Å²) in [6.45, 7) is 0. The number of carbonyl (C=O) groups is 1. The van der Waals surface area contributed by atoms with E-state index in [0.717, 1.165) is 12.3 Å². The van der Waals surface area contributed by atoms with Crippen molar-refractivity contribution in [2.24, 2.45) is 0 Å². The van der Waals surface area contributed by atoms with E-state index in [0.29, 0.717) is 0 Å². The Hall–Kier alpha value is -2.24. The van der Waals surface area contributed by atoms with Crippen molar-refractivity contribution in [3.8, 4) is 11.3 Å². The minimum atomic E-state index is -1.25. The highest BCUT2D eigenvalue weighted by molar-refractivity contribution is 5.85. The molecule has 5 nitrogen and oxygen atoms in total. The molecule has 0 aromatic carbocycles. The predicted molar refractivity (Wildman–Crippen MR) is 46.7 cm³/mol. The highest BCUT2D eigenvalue weighted by Gasteiger charge is 2.14. The number of aromatic carboxylic acids is 1. The zero-order chi connectivity index (χ0) is 10.8. The zero-order valence-electron chi connectivity index (χ0n) is 7.35. The fourth-order valence-corrected chi connectivity index (χ4v) is 1.09. The SMILES string of the molecule is O=C(O)c1cc(-c2ccncc2F)no1. The summed E-state index contributed by atoms with van der Waals surface area (Å²) in [4.78, 5) is 14.1. The summed E-state index contributed by atoms with van der Waals surface area (Å²) in [6, 6.07) is 2.54. The molecule has 2 rings (SSSR count). The van der Waals surface area contributed by atoms with Crippen LogP contribution in [0.2, 0.25) is 0 Å². The monoisotopic (exact) mass is 208 g/mol. The molecular weight excluding hydrogens is 203 g/mol. The summed E-state index contributed by atoms with van der Waals surface area (Å²) in [6.07, 6.45) is 2.40. The maximum Gasteiger partial charge on any atom is 0.374 e. The molecule has 0 bridgehead atoms. The lowest BCUT2D eigenvalue weighted by molar-refractivity contribution is 0.0652. The largest absolute Gasteiger partial charge is 0.475 e. The number of carboxylic acid groups (broad SMARTS) is 1. The van der Waals surface area contributed by atoms with E-state index >= 15 is 0 Å². The maximum atomic E-state index is 13.2. The lowest BCUT2D eigenvalue weighted by Gasteiger charge is -1.94. The Morgan fingerprint density at radius 2 is 2.33 bits per heavy atom. The normalized spacial score (nSPS) is 10.2. The number of pyridine rings is 1. The number of halogens is 1. The molecule has 0 radical (unpaired) electrons. The van der Waals surface area contributed by atoms with Crippen LogP contribution < -0.4 is 0 Å². The number of aromatic nitrogens is 2. The molecule has 1 N–H and O–H groups in total. The van der Waals surface area contributed by atoms with Gasteiger partial charge in [0.25, 0.3) is 0 Å². The predicted octanol–water partition coefficient (Wildman–Crippen LogP) is 1.57. The summed E-state index contributed by atoms with van der Waals surface area (Å²) >= 11 is 0. The fraction of sp³-hybridized carbons (Fsp3) is 0. The van der Waals surface area contributed by atoms with Crippen LogP contribution in [0.5, 0.6) is 0 Å². The molecule has 0 aliphatic carbocycles. The standard InChI is InChI=1S/C9H5FN2O3/c10-6-4-11-2-1-5(6)7-3-8(9(13)14)15-12-7/h1-4H,(H,13,14). The van der Waals surface area contributed by atoms with Crippen LogP contribution in [0.3, 0.4) is 0 Å². The number of hydrogen-bond donors (Lipinski definition) is 1. The number of carboxylic acids is 1. The van der Waals surface area contributed by atoms with Gasteiger partial charge in [0.2, 0.25) is 5.76 Å². The van der Waals surface area contributed by atoms with Crippen molar-refractivity contribution in [3.05, 3.63) is 36.1 Å². The van der Waals surface area contributed by atoms with E-state index < -0.39 is 11.8 Å². The molecule has 0 spiro atoms. The smallest absolute Gasteiger partial charge is 0.374 e. The minimum Gasteiger partial charge on any atom is -0.475 e. The van der Waals surface area contributed by atoms with Gasteiger partial charge in [0.15, 0.2) is 5.82 Å². The molecule has 0 atom stereocenters. The van der Waals surface area contributed by atoms with Crippen LogP contribution in [-0.4, -0.2) is 21.2 Å². The van der Waals surface area contributed by atoms with Crippen molar-refractivity contribution in [1.82, 2.24) is 10.1 Å². The first-order valence-electron chi connectivity index (χ1n) is 3.98. The molecule has 2 aromatic heterocycles. The average Bonchev–Trinajstić information content (AvgIpc) is 2.67. The van der Waals surface area contributed by atoms with Crippen LogP contribution in [0.1, 0.15) is 10.6 Å². The van der Waals surface area contributed by atoms with Gasteiger partial charge < -0.3 is 9.63 Å². The zero-order valence-corrected chi connectivity index (χ0v) is 7.35. The Morgan fingerprint density at radius 1 is 1.53 bits per heavy atom. The third-order valence-corrected chi connectivity index (χ3v) is 1.77. The third-order valence-electron chi connectivity index (χ3n) is 1.77. The molecule has 0 unspecified atom stereocenters. The second kappa shape index (κ2) is 3.49. The molecule has 0 saturated heterocycles. The number of rotatable bonds is 2. The first kappa shape index (κ1) is 9.32. The van der Waals surface area contributed by atoms with Crippen LogP contribution >= 0.6 is 0 Å². The van der Waals surface area contributed by atoms with Gasteiger partial charge >= 0.3 is 5.97 Å². The van der Waals surface area contributed by atoms with Crippen LogP contribution in [0.15, 0.2) is 29.0 Å². The van der Waals surface area contributed by atoms with Gasteiger partial charge in [0, 0.05) is 17.8 Å². The molecule has 2 aromatic rings. The van der Waals surface area contributed by atoms with Crippen molar-refractivity contribution >= 4 is 5.97 Å². The van der Waals surface area contributed by atoms with Gasteiger partial charge in [-0.2, -0.15) is 0 Å². The molecule has 76 valence electrons. The topological polar surface area (TPSA) is 76.2 Å². The second-order valence-corrected chi connectivity index (χ2v) is 2.74. The van der Waals surface area contributed by atoms with E-state index in [1.807, 2.05) is 0 Å². The van der Waals surface area contributed by atoms with Gasteiger partial charge in [-0.25, -0.2) is 9.18 Å².